The molecule has 0 unspecified atom stereocenters. The molecule has 0 bridgehead atoms. The first-order valence-electron chi connectivity index (χ1n) is 13.3. The van der Waals surface area contributed by atoms with E-state index in [1.165, 1.54) is 0 Å². The first kappa shape index (κ1) is 27.8. The summed E-state index contributed by atoms with van der Waals surface area (Å²) in [5, 5.41) is 13.8. The van der Waals surface area contributed by atoms with Gasteiger partial charge in [-0.05, 0) is 42.2 Å². The third kappa shape index (κ3) is 5.59. The van der Waals surface area contributed by atoms with Crippen molar-refractivity contribution in [2.45, 2.75) is 38.4 Å². The summed E-state index contributed by atoms with van der Waals surface area (Å²) in [5.74, 6) is -1.37. The highest BCUT2D eigenvalue weighted by molar-refractivity contribution is 7.97. The lowest BCUT2D eigenvalue weighted by atomic mass is 10.1. The maximum absolute atomic E-state index is 14.6. The predicted molar refractivity (Wildman–Crippen MR) is 161 cm³/mol. The number of carbonyl (C=O) groups is 1. The number of nitrogens with zero attached hydrogens (tertiary/aromatic N) is 1. The molecule has 1 aliphatic rings. The Kier molecular flexibility index (Phi) is 8.45. The number of rotatable bonds is 9. The van der Waals surface area contributed by atoms with Crippen LogP contribution in [0.1, 0.15) is 19.4 Å². The fraction of sp³-hybridized carbons (Fsp3) is 0.206. The van der Waals surface area contributed by atoms with Crippen LogP contribution in [0, 0.1) is 11.3 Å². The van der Waals surface area contributed by atoms with E-state index in [2.05, 4.69) is 6.07 Å². The molecule has 1 aliphatic heterocycles. The molecule has 202 valence electrons. The van der Waals surface area contributed by atoms with Gasteiger partial charge in [-0.25, -0.2) is 0 Å². The quantitative estimate of drug-likeness (QED) is 0.276. The van der Waals surface area contributed by atoms with Crippen LogP contribution in [-0.4, -0.2) is 35.7 Å². The van der Waals surface area contributed by atoms with Crippen molar-refractivity contribution in [1.29, 1.82) is 5.26 Å². The van der Waals surface area contributed by atoms with Crippen molar-refractivity contribution in [2.75, 3.05) is 6.61 Å². The van der Waals surface area contributed by atoms with Gasteiger partial charge < -0.3 is 14.2 Å². The van der Waals surface area contributed by atoms with Gasteiger partial charge >= 0.3 is 0 Å². The zero-order chi connectivity index (χ0) is 28.0. The monoisotopic (exact) mass is 549 g/mol. The van der Waals surface area contributed by atoms with Gasteiger partial charge in [0.05, 0.1) is 13.2 Å². The third-order valence-electron chi connectivity index (χ3n) is 6.94. The molecule has 40 heavy (non-hydrogen) atoms. The number of ether oxygens (including phenoxy) is 3. The molecule has 4 aromatic carbocycles. The average molecular weight is 550 g/mol. The molecule has 2 atom stereocenters. The summed E-state index contributed by atoms with van der Waals surface area (Å²) in [6.45, 7) is 1.21. The number of ketones is 1. The molecule has 1 fully saturated rings. The van der Waals surface area contributed by atoms with Crippen LogP contribution >= 0.6 is 6.89 Å². The topological polar surface area (TPSA) is 68.5 Å². The Balaban J connectivity index is 1.65. The van der Waals surface area contributed by atoms with Crippen LogP contribution in [0.15, 0.2) is 121 Å². The first-order chi connectivity index (χ1) is 19.5. The van der Waals surface area contributed by atoms with E-state index >= 15 is 0 Å². The summed E-state index contributed by atoms with van der Waals surface area (Å²) in [5.41, 5.74) is 1.02. The largest absolute Gasteiger partial charge is 0.374 e. The lowest BCUT2D eigenvalue weighted by molar-refractivity contribution is -0.155. The Morgan fingerprint density at radius 2 is 1.23 bits per heavy atom. The maximum Gasteiger partial charge on any atom is 0.205 e. The van der Waals surface area contributed by atoms with Crippen molar-refractivity contribution in [1.82, 2.24) is 0 Å². The predicted octanol–water partition coefficient (Wildman–Crippen LogP) is 4.98. The lowest BCUT2D eigenvalue weighted by Gasteiger charge is -2.31. The second kappa shape index (κ2) is 12.2. The first-order valence-corrected chi connectivity index (χ1v) is 15.1. The molecule has 0 spiro atoms. The van der Waals surface area contributed by atoms with Crippen LogP contribution in [0.3, 0.4) is 0 Å². The summed E-state index contributed by atoms with van der Waals surface area (Å²) >= 11 is 0. The third-order valence-corrected chi connectivity index (χ3v) is 11.2. The van der Waals surface area contributed by atoms with E-state index in [4.69, 9.17) is 14.2 Å². The maximum atomic E-state index is 14.6. The fourth-order valence-corrected chi connectivity index (χ4v) is 9.40. The van der Waals surface area contributed by atoms with Gasteiger partial charge in [-0.3, -0.25) is 4.79 Å². The van der Waals surface area contributed by atoms with E-state index in [0.717, 1.165) is 21.5 Å². The Labute approximate surface area is 235 Å². The van der Waals surface area contributed by atoms with Gasteiger partial charge in [-0.1, -0.05) is 121 Å². The van der Waals surface area contributed by atoms with Crippen molar-refractivity contribution in [3.05, 3.63) is 127 Å². The standard InChI is InChI=1S/C34H32NO4P/c1-34(2)38-30(25-37-24-26-15-7-3-8-16-26)33(39-34)32(36)31(23-35)40(27-17-9-4-10-18-27,28-19-11-5-12-20-28)29-21-13-6-14-22-29/h3-22,30,33H,24-25H2,1-2H3/t30-,33+/m0/s1. The summed E-state index contributed by atoms with van der Waals surface area (Å²) in [4.78, 5) is 14.6. The van der Waals surface area contributed by atoms with Crippen molar-refractivity contribution < 1.29 is 19.0 Å². The molecule has 5 rings (SSSR count). The zero-order valence-corrected chi connectivity index (χ0v) is 23.5. The van der Waals surface area contributed by atoms with Gasteiger partial charge in [-0.2, -0.15) is 5.26 Å². The van der Waals surface area contributed by atoms with E-state index in [1.54, 1.807) is 13.8 Å². The van der Waals surface area contributed by atoms with Gasteiger partial charge in [0.1, 0.15) is 17.5 Å². The Hall–Kier alpha value is -3.78. The molecule has 5 nitrogen and oxygen atoms in total. The summed E-state index contributed by atoms with van der Waals surface area (Å²) in [6, 6.07) is 41.8. The minimum Gasteiger partial charge on any atom is -0.374 e. The minimum absolute atomic E-state index is 0.154. The van der Waals surface area contributed by atoms with E-state index < -0.39 is 24.9 Å². The summed E-state index contributed by atoms with van der Waals surface area (Å²) < 4.78 is 18.4. The second-order valence-electron chi connectivity index (χ2n) is 10.1. The number of Topliss-reactive ketones (excluding diaryl/α,β-unsaturated/α-hetero) is 1. The normalized spacial score (nSPS) is 18.1. The van der Waals surface area contributed by atoms with E-state index in [0.29, 0.717) is 6.61 Å². The van der Waals surface area contributed by atoms with Crippen LogP contribution in [-0.2, 0) is 25.6 Å². The van der Waals surface area contributed by atoms with Crippen molar-refractivity contribution in [3.63, 3.8) is 0 Å². The van der Waals surface area contributed by atoms with Crippen LogP contribution in [0.5, 0.6) is 0 Å². The van der Waals surface area contributed by atoms with E-state index in [-0.39, 0.29) is 17.7 Å². The number of hydrogen-bond acceptors (Lipinski definition) is 5. The molecule has 1 saturated heterocycles. The molecule has 6 heteroatoms. The minimum atomic E-state index is -2.88. The lowest BCUT2D eigenvalue weighted by Crippen LogP contribution is -2.42. The molecule has 0 aliphatic carbocycles. The molecule has 0 amide bonds. The summed E-state index contributed by atoms with van der Waals surface area (Å²) in [6.07, 6.45) is -1.66. The smallest absolute Gasteiger partial charge is 0.205 e. The highest BCUT2D eigenvalue weighted by atomic mass is 31.2. The number of nitriles is 1. The zero-order valence-electron chi connectivity index (χ0n) is 22.6. The molecule has 4 aromatic rings. The second-order valence-corrected chi connectivity index (χ2v) is 13.4. The van der Waals surface area contributed by atoms with E-state index in [1.807, 2.05) is 121 Å². The molecule has 0 radical (unpaired) electrons. The van der Waals surface area contributed by atoms with Gasteiger partial charge in [0.15, 0.2) is 11.9 Å². The van der Waals surface area contributed by atoms with Crippen molar-refractivity contribution in [2.24, 2.45) is 0 Å². The summed E-state index contributed by atoms with van der Waals surface area (Å²) in [7, 11) is 0. The fourth-order valence-electron chi connectivity index (χ4n) is 5.27. The van der Waals surface area contributed by atoms with Crippen LogP contribution in [0.2, 0.25) is 0 Å². The highest BCUT2D eigenvalue weighted by Crippen LogP contribution is 2.47. The SMILES string of the molecule is CC1(C)O[C@@H](COCc2ccccc2)[C@H](C(=O)C(C#N)=P(c2ccccc2)(c2ccccc2)c2ccccc2)O1. The van der Waals surface area contributed by atoms with Gasteiger partial charge in [0.25, 0.3) is 0 Å². The molecule has 1 heterocycles. The van der Waals surface area contributed by atoms with Gasteiger partial charge in [-0.15, -0.1) is 0 Å². The number of carbonyl (C=O) groups excluding carboxylic acids is 1. The van der Waals surface area contributed by atoms with Crippen LogP contribution in [0.25, 0.3) is 0 Å². The Morgan fingerprint density at radius 1 is 0.775 bits per heavy atom. The van der Waals surface area contributed by atoms with Crippen LogP contribution < -0.4 is 15.9 Å². The Bertz CT molecular complexity index is 1430. The van der Waals surface area contributed by atoms with Crippen molar-refractivity contribution in [3.8, 4) is 6.07 Å². The molecule has 0 saturated carbocycles. The molecule has 0 aromatic heterocycles. The average Bonchev–Trinajstić information content (AvgIpc) is 3.31. The van der Waals surface area contributed by atoms with Crippen molar-refractivity contribution >= 4 is 33.9 Å². The molecule has 0 N–H and O–H groups in total. The van der Waals surface area contributed by atoms with Crippen LogP contribution in [0.4, 0.5) is 0 Å². The number of benzene rings is 4. The Morgan fingerprint density at radius 3 is 1.68 bits per heavy atom. The van der Waals surface area contributed by atoms with Gasteiger partial charge in [0.2, 0.25) is 5.78 Å². The molecular weight excluding hydrogens is 517 g/mol. The van der Waals surface area contributed by atoms with Gasteiger partial charge in [0, 0.05) is 0 Å². The molecular formula is C34H32NO4P. The van der Waals surface area contributed by atoms with E-state index in [9.17, 15) is 10.1 Å². The highest BCUT2D eigenvalue weighted by Gasteiger charge is 2.48. The number of hydrogen-bond donors (Lipinski definition) is 0.